The largest absolute Gasteiger partial charge is 0.480 e. The van der Waals surface area contributed by atoms with Crippen LogP contribution in [-0.4, -0.2) is 98.0 Å². The third kappa shape index (κ3) is 13.6. The van der Waals surface area contributed by atoms with Crippen molar-refractivity contribution in [2.75, 3.05) is 59.3 Å². The molecular formula is C17H33N3O6. The van der Waals surface area contributed by atoms with Crippen LogP contribution in [0, 0.1) is 5.41 Å². The second-order valence-electron chi connectivity index (χ2n) is 7.28. The number of nitrogens with zero attached hydrogens (tertiary/aromatic N) is 3. The lowest BCUT2D eigenvalue weighted by Crippen LogP contribution is -2.44. The summed E-state index contributed by atoms with van der Waals surface area (Å²) in [5.41, 5.74) is 0.0767. The normalized spacial score (nSPS) is 11.8. The number of carbonyl (C=O) groups excluding carboxylic acids is 2. The summed E-state index contributed by atoms with van der Waals surface area (Å²) in [5, 5.41) is 8.96. The third-order valence-corrected chi connectivity index (χ3v) is 3.62. The minimum absolute atomic E-state index is 0.0202. The van der Waals surface area contributed by atoms with Crippen molar-refractivity contribution in [3.63, 3.8) is 0 Å². The fourth-order valence-electron chi connectivity index (χ4n) is 2.48. The third-order valence-electron chi connectivity index (χ3n) is 3.62. The van der Waals surface area contributed by atoms with Gasteiger partial charge in [0, 0.05) is 32.7 Å². The van der Waals surface area contributed by atoms with Gasteiger partial charge in [0.1, 0.15) is 13.5 Å². The molecule has 0 spiro atoms. The van der Waals surface area contributed by atoms with Crippen LogP contribution < -0.4 is 0 Å². The van der Waals surface area contributed by atoms with E-state index < -0.39 is 5.97 Å². The van der Waals surface area contributed by atoms with Crippen molar-refractivity contribution in [2.24, 2.45) is 5.41 Å². The molecule has 0 aliphatic heterocycles. The number of carboxylic acids is 1. The molecule has 0 atom stereocenters. The van der Waals surface area contributed by atoms with Crippen molar-refractivity contribution < 1.29 is 29.0 Å². The zero-order valence-electron chi connectivity index (χ0n) is 16.3. The summed E-state index contributed by atoms with van der Waals surface area (Å²) in [6, 6.07) is 0. The highest BCUT2D eigenvalue weighted by Gasteiger charge is 2.19. The zero-order chi connectivity index (χ0) is 20.0. The van der Waals surface area contributed by atoms with Gasteiger partial charge in [0.25, 0.3) is 12.9 Å². The van der Waals surface area contributed by atoms with E-state index in [1.165, 1.54) is 0 Å². The predicted molar refractivity (Wildman–Crippen MR) is 96.4 cm³/mol. The molecular weight excluding hydrogens is 342 g/mol. The molecule has 0 aromatic carbocycles. The molecule has 0 radical (unpaired) electrons. The molecule has 0 aromatic rings. The first kappa shape index (κ1) is 24.3. The molecule has 0 bridgehead atoms. The molecule has 0 amide bonds. The quantitative estimate of drug-likeness (QED) is 0.302. The summed E-state index contributed by atoms with van der Waals surface area (Å²) in [4.78, 5) is 37.5. The van der Waals surface area contributed by atoms with E-state index in [1.807, 2.05) is 11.8 Å². The van der Waals surface area contributed by atoms with Crippen LogP contribution in [0.15, 0.2) is 0 Å². The summed E-state index contributed by atoms with van der Waals surface area (Å²) < 4.78 is 9.49. The van der Waals surface area contributed by atoms with Crippen LogP contribution >= 0.6 is 0 Å². The number of likely N-dealkylation sites (N-methyl/N-ethyl adjacent to an activating group) is 1. The summed E-state index contributed by atoms with van der Waals surface area (Å²) in [5.74, 6) is -0.836. The van der Waals surface area contributed by atoms with Gasteiger partial charge in [-0.3, -0.25) is 19.3 Å². The molecule has 0 aliphatic rings. The number of hydrogen-bond acceptors (Lipinski definition) is 8. The number of rotatable bonds is 16. The molecule has 26 heavy (non-hydrogen) atoms. The maximum atomic E-state index is 10.9. The first-order valence-corrected chi connectivity index (χ1v) is 8.71. The van der Waals surface area contributed by atoms with E-state index in [2.05, 4.69) is 25.7 Å². The molecule has 0 saturated heterocycles. The van der Waals surface area contributed by atoms with Crippen LogP contribution in [0.4, 0.5) is 0 Å². The fourth-order valence-corrected chi connectivity index (χ4v) is 2.48. The molecule has 0 heterocycles. The number of ether oxygens (including phenoxy) is 2. The monoisotopic (exact) mass is 375 g/mol. The van der Waals surface area contributed by atoms with Gasteiger partial charge < -0.3 is 19.5 Å². The van der Waals surface area contributed by atoms with E-state index in [0.717, 1.165) is 13.1 Å². The minimum Gasteiger partial charge on any atom is -0.480 e. The Bertz CT molecular complexity index is 402. The Hall–Kier alpha value is -1.71. The summed E-state index contributed by atoms with van der Waals surface area (Å²) in [7, 11) is 0. The van der Waals surface area contributed by atoms with Gasteiger partial charge in [-0.15, -0.1) is 0 Å². The zero-order valence-corrected chi connectivity index (χ0v) is 16.3. The SMILES string of the molecule is CCN(CCN(CCN(COC=O)COC=O)CC(C)(C)C)CC(=O)O. The molecule has 1 N–H and O–H groups in total. The highest BCUT2D eigenvalue weighted by molar-refractivity contribution is 5.69. The van der Waals surface area contributed by atoms with Crippen molar-refractivity contribution in [1.29, 1.82) is 0 Å². The smallest absolute Gasteiger partial charge is 0.317 e. The lowest BCUT2D eigenvalue weighted by Gasteiger charge is -2.33. The van der Waals surface area contributed by atoms with Gasteiger partial charge in [0.05, 0.1) is 6.54 Å². The van der Waals surface area contributed by atoms with Gasteiger partial charge in [-0.2, -0.15) is 0 Å². The van der Waals surface area contributed by atoms with Crippen LogP contribution in [0.5, 0.6) is 0 Å². The molecule has 0 saturated carbocycles. The highest BCUT2D eigenvalue weighted by Crippen LogP contribution is 2.15. The van der Waals surface area contributed by atoms with Crippen LogP contribution in [0.25, 0.3) is 0 Å². The van der Waals surface area contributed by atoms with Gasteiger partial charge in [-0.05, 0) is 12.0 Å². The number of aliphatic carboxylic acids is 1. The Morgan fingerprint density at radius 1 is 0.923 bits per heavy atom. The van der Waals surface area contributed by atoms with E-state index in [0.29, 0.717) is 39.1 Å². The maximum Gasteiger partial charge on any atom is 0.317 e. The summed E-state index contributed by atoms with van der Waals surface area (Å²) in [6.45, 7) is 13.2. The Labute approximate surface area is 155 Å². The van der Waals surface area contributed by atoms with E-state index in [4.69, 9.17) is 14.6 Å². The molecule has 0 rings (SSSR count). The molecule has 0 aromatic heterocycles. The second kappa shape index (κ2) is 13.5. The summed E-state index contributed by atoms with van der Waals surface area (Å²) in [6.07, 6.45) is 0. The predicted octanol–water partition coefficient (Wildman–Crippen LogP) is 0.304. The lowest BCUT2D eigenvalue weighted by atomic mass is 9.96. The molecule has 0 unspecified atom stereocenters. The molecule has 0 fully saturated rings. The Balaban J connectivity index is 4.70. The van der Waals surface area contributed by atoms with E-state index in [9.17, 15) is 14.4 Å². The first-order valence-electron chi connectivity index (χ1n) is 8.71. The van der Waals surface area contributed by atoms with Crippen molar-refractivity contribution in [3.8, 4) is 0 Å². The van der Waals surface area contributed by atoms with Crippen LogP contribution in [0.3, 0.4) is 0 Å². The van der Waals surface area contributed by atoms with E-state index >= 15 is 0 Å². The van der Waals surface area contributed by atoms with Crippen molar-refractivity contribution in [1.82, 2.24) is 14.7 Å². The first-order chi connectivity index (χ1) is 12.2. The summed E-state index contributed by atoms with van der Waals surface area (Å²) >= 11 is 0. The number of hydrogen-bond donors (Lipinski definition) is 1. The van der Waals surface area contributed by atoms with Gasteiger partial charge in [-0.1, -0.05) is 27.7 Å². The van der Waals surface area contributed by atoms with Gasteiger partial charge in [0.2, 0.25) is 0 Å². The Kier molecular flexibility index (Phi) is 12.6. The average molecular weight is 375 g/mol. The van der Waals surface area contributed by atoms with Crippen LogP contribution in [0.1, 0.15) is 27.7 Å². The molecule has 0 aliphatic carbocycles. The molecule has 9 heteroatoms. The van der Waals surface area contributed by atoms with Gasteiger partial charge in [0.15, 0.2) is 0 Å². The van der Waals surface area contributed by atoms with Crippen LogP contribution in [-0.2, 0) is 23.9 Å². The topological polar surface area (TPSA) is 99.6 Å². The van der Waals surface area contributed by atoms with Crippen LogP contribution in [0.2, 0.25) is 0 Å². The Morgan fingerprint density at radius 3 is 1.77 bits per heavy atom. The standard InChI is InChI=1S/C17H33N3O6/c1-5-18(10-16(23)24)6-7-19(11-17(2,3)4)8-9-20(12-25-14-21)13-26-15-22/h14-15H,5-13H2,1-4H3,(H,23,24). The van der Waals surface area contributed by atoms with Gasteiger partial charge >= 0.3 is 5.97 Å². The second-order valence-corrected chi connectivity index (χ2v) is 7.28. The lowest BCUT2D eigenvalue weighted by molar-refractivity contribution is -0.142. The Morgan fingerprint density at radius 2 is 1.38 bits per heavy atom. The molecule has 152 valence electrons. The van der Waals surface area contributed by atoms with Crippen molar-refractivity contribution >= 4 is 18.9 Å². The fraction of sp³-hybridized carbons (Fsp3) is 0.824. The van der Waals surface area contributed by atoms with Gasteiger partial charge in [-0.25, -0.2) is 4.90 Å². The number of carboxylic acid groups (broad SMARTS) is 1. The van der Waals surface area contributed by atoms with Crippen molar-refractivity contribution in [3.05, 3.63) is 0 Å². The highest BCUT2D eigenvalue weighted by atomic mass is 16.6. The maximum absolute atomic E-state index is 10.9. The number of carbonyl (C=O) groups is 3. The molecule has 9 nitrogen and oxygen atoms in total. The van der Waals surface area contributed by atoms with Crippen molar-refractivity contribution in [2.45, 2.75) is 27.7 Å². The minimum atomic E-state index is -0.836. The average Bonchev–Trinajstić information content (AvgIpc) is 2.55. The van der Waals surface area contributed by atoms with E-state index in [-0.39, 0.29) is 25.4 Å². The van der Waals surface area contributed by atoms with E-state index in [1.54, 1.807) is 4.90 Å².